The molecule has 0 radical (unpaired) electrons. The number of nitrogens with zero attached hydrogens (tertiary/aromatic N) is 1. The van der Waals surface area contributed by atoms with Crippen LogP contribution in [0.1, 0.15) is 18.4 Å². The first-order chi connectivity index (χ1) is 7.68. The van der Waals surface area contributed by atoms with Crippen LogP contribution in [0.15, 0.2) is 54.4 Å². The zero-order chi connectivity index (χ0) is 11.5. The lowest BCUT2D eigenvalue weighted by atomic mass is 9.88. The minimum atomic E-state index is 0.0925. The summed E-state index contributed by atoms with van der Waals surface area (Å²) in [5.74, 6) is 0.222. The number of benzene rings is 1. The van der Waals surface area contributed by atoms with Crippen LogP contribution in [0.2, 0.25) is 0 Å². The average molecular weight is 213 g/mol. The van der Waals surface area contributed by atoms with Gasteiger partial charge in [0.25, 0.3) is 0 Å². The maximum absolute atomic E-state index is 11.6. The SMILES string of the molecule is CC(=O)C1=CN(C)C=CC1c1ccccc1. The number of rotatable bonds is 2. The summed E-state index contributed by atoms with van der Waals surface area (Å²) in [6, 6.07) is 10.1. The minimum absolute atomic E-state index is 0.0925. The van der Waals surface area contributed by atoms with Crippen molar-refractivity contribution in [1.82, 2.24) is 4.90 Å². The molecule has 1 aromatic carbocycles. The maximum Gasteiger partial charge on any atom is 0.158 e. The molecule has 0 amide bonds. The Morgan fingerprint density at radius 2 is 1.94 bits per heavy atom. The summed E-state index contributed by atoms with van der Waals surface area (Å²) in [5.41, 5.74) is 2.00. The fourth-order valence-electron chi connectivity index (χ4n) is 1.93. The zero-order valence-electron chi connectivity index (χ0n) is 9.55. The molecule has 2 heteroatoms. The van der Waals surface area contributed by atoms with Gasteiger partial charge in [0, 0.05) is 30.9 Å². The monoisotopic (exact) mass is 213 g/mol. The first-order valence-corrected chi connectivity index (χ1v) is 5.36. The summed E-state index contributed by atoms with van der Waals surface area (Å²) in [6.07, 6.45) is 5.95. The van der Waals surface area contributed by atoms with E-state index in [1.54, 1.807) is 6.92 Å². The Hall–Kier alpha value is -1.83. The highest BCUT2D eigenvalue weighted by atomic mass is 16.1. The lowest BCUT2D eigenvalue weighted by molar-refractivity contribution is -0.113. The summed E-state index contributed by atoms with van der Waals surface area (Å²) >= 11 is 0. The zero-order valence-corrected chi connectivity index (χ0v) is 9.55. The van der Waals surface area contributed by atoms with Crippen molar-refractivity contribution < 1.29 is 4.79 Å². The molecule has 0 bridgehead atoms. The predicted octanol–water partition coefficient (Wildman–Crippen LogP) is 2.70. The van der Waals surface area contributed by atoms with Crippen molar-refractivity contribution in [3.05, 3.63) is 59.9 Å². The molecule has 82 valence electrons. The van der Waals surface area contributed by atoms with Crippen molar-refractivity contribution in [2.45, 2.75) is 12.8 Å². The summed E-state index contributed by atoms with van der Waals surface area (Å²) < 4.78 is 0. The molecule has 0 saturated heterocycles. The Labute approximate surface area is 95.9 Å². The number of Topliss-reactive ketones (excluding diaryl/α,β-unsaturated/α-hetero) is 1. The van der Waals surface area contributed by atoms with E-state index in [9.17, 15) is 4.79 Å². The Kier molecular flexibility index (Phi) is 2.91. The second-order valence-electron chi connectivity index (χ2n) is 4.04. The van der Waals surface area contributed by atoms with Crippen LogP contribution in [-0.4, -0.2) is 17.7 Å². The molecule has 0 aromatic heterocycles. The molecular formula is C14H15NO. The van der Waals surface area contributed by atoms with Crippen LogP contribution in [0.4, 0.5) is 0 Å². The van der Waals surface area contributed by atoms with Gasteiger partial charge in [0.15, 0.2) is 5.78 Å². The number of carbonyl (C=O) groups excluding carboxylic acids is 1. The number of ketones is 1. The highest BCUT2D eigenvalue weighted by Crippen LogP contribution is 2.29. The number of carbonyl (C=O) groups is 1. The predicted molar refractivity (Wildman–Crippen MR) is 64.9 cm³/mol. The van der Waals surface area contributed by atoms with Gasteiger partial charge in [-0.2, -0.15) is 0 Å². The van der Waals surface area contributed by atoms with Crippen molar-refractivity contribution in [2.24, 2.45) is 0 Å². The van der Waals surface area contributed by atoms with Crippen molar-refractivity contribution in [1.29, 1.82) is 0 Å². The van der Waals surface area contributed by atoms with E-state index in [4.69, 9.17) is 0 Å². The largest absolute Gasteiger partial charge is 0.357 e. The molecule has 0 fully saturated rings. The topological polar surface area (TPSA) is 20.3 Å². The minimum Gasteiger partial charge on any atom is -0.357 e. The van der Waals surface area contributed by atoms with Gasteiger partial charge in [-0.1, -0.05) is 36.4 Å². The third-order valence-corrected chi connectivity index (χ3v) is 2.76. The molecule has 1 heterocycles. The van der Waals surface area contributed by atoms with Crippen molar-refractivity contribution in [3.63, 3.8) is 0 Å². The number of hydrogen-bond acceptors (Lipinski definition) is 2. The first-order valence-electron chi connectivity index (χ1n) is 5.36. The molecule has 2 rings (SSSR count). The van der Waals surface area contributed by atoms with Gasteiger partial charge in [-0.3, -0.25) is 4.79 Å². The van der Waals surface area contributed by atoms with Crippen molar-refractivity contribution in [2.75, 3.05) is 7.05 Å². The Morgan fingerprint density at radius 3 is 2.56 bits per heavy atom. The molecule has 1 aliphatic rings. The molecule has 0 aliphatic carbocycles. The van der Waals surface area contributed by atoms with E-state index in [0.29, 0.717) is 0 Å². The second kappa shape index (κ2) is 4.35. The Balaban J connectivity index is 2.38. The Bertz CT molecular complexity index is 445. The van der Waals surface area contributed by atoms with Gasteiger partial charge in [-0.05, 0) is 12.5 Å². The van der Waals surface area contributed by atoms with Gasteiger partial charge >= 0.3 is 0 Å². The Morgan fingerprint density at radius 1 is 1.25 bits per heavy atom. The summed E-state index contributed by atoms with van der Waals surface area (Å²) in [5, 5.41) is 0. The molecule has 1 aliphatic heterocycles. The molecule has 2 nitrogen and oxygen atoms in total. The van der Waals surface area contributed by atoms with E-state index in [-0.39, 0.29) is 11.7 Å². The van der Waals surface area contributed by atoms with Gasteiger partial charge in [-0.15, -0.1) is 0 Å². The van der Waals surface area contributed by atoms with Crippen LogP contribution < -0.4 is 0 Å². The van der Waals surface area contributed by atoms with Crippen LogP contribution in [-0.2, 0) is 4.79 Å². The van der Waals surface area contributed by atoms with Crippen molar-refractivity contribution >= 4 is 5.78 Å². The van der Waals surface area contributed by atoms with E-state index in [1.807, 2.05) is 42.5 Å². The lowest BCUT2D eigenvalue weighted by Crippen LogP contribution is -2.16. The fourth-order valence-corrected chi connectivity index (χ4v) is 1.93. The van der Waals surface area contributed by atoms with Crippen LogP contribution in [0.5, 0.6) is 0 Å². The van der Waals surface area contributed by atoms with Crippen LogP contribution in [0, 0.1) is 0 Å². The molecule has 0 spiro atoms. The van der Waals surface area contributed by atoms with Crippen LogP contribution >= 0.6 is 0 Å². The smallest absolute Gasteiger partial charge is 0.158 e. The summed E-state index contributed by atoms with van der Waals surface area (Å²) in [7, 11) is 1.93. The third-order valence-electron chi connectivity index (χ3n) is 2.76. The number of allylic oxidation sites excluding steroid dienone is 2. The van der Waals surface area contributed by atoms with Crippen LogP contribution in [0.3, 0.4) is 0 Å². The van der Waals surface area contributed by atoms with Gasteiger partial charge in [0.05, 0.1) is 0 Å². The molecule has 0 saturated carbocycles. The molecule has 0 N–H and O–H groups in total. The molecule has 16 heavy (non-hydrogen) atoms. The summed E-state index contributed by atoms with van der Waals surface area (Å²) in [4.78, 5) is 13.5. The van der Waals surface area contributed by atoms with E-state index < -0.39 is 0 Å². The average Bonchev–Trinajstić information content (AvgIpc) is 2.30. The molecule has 1 unspecified atom stereocenters. The van der Waals surface area contributed by atoms with Crippen molar-refractivity contribution in [3.8, 4) is 0 Å². The van der Waals surface area contributed by atoms with E-state index >= 15 is 0 Å². The fraction of sp³-hybridized carbons (Fsp3) is 0.214. The molecular weight excluding hydrogens is 198 g/mol. The maximum atomic E-state index is 11.6. The van der Waals surface area contributed by atoms with E-state index in [1.165, 1.54) is 0 Å². The lowest BCUT2D eigenvalue weighted by Gasteiger charge is -2.23. The third kappa shape index (κ3) is 2.06. The van der Waals surface area contributed by atoms with Gasteiger partial charge in [0.2, 0.25) is 0 Å². The van der Waals surface area contributed by atoms with Crippen LogP contribution in [0.25, 0.3) is 0 Å². The quantitative estimate of drug-likeness (QED) is 0.752. The normalized spacial score (nSPS) is 19.5. The molecule has 1 aromatic rings. The van der Waals surface area contributed by atoms with Gasteiger partial charge in [0.1, 0.15) is 0 Å². The highest BCUT2D eigenvalue weighted by molar-refractivity contribution is 5.95. The highest BCUT2D eigenvalue weighted by Gasteiger charge is 2.20. The number of hydrogen-bond donors (Lipinski definition) is 0. The standard InChI is InChI=1S/C14H15NO/c1-11(16)14-10-15(2)9-8-13(14)12-6-4-3-5-7-12/h3-10,13H,1-2H3. The van der Waals surface area contributed by atoms with E-state index in [2.05, 4.69) is 18.2 Å². The van der Waals surface area contributed by atoms with Gasteiger partial charge in [-0.25, -0.2) is 0 Å². The van der Waals surface area contributed by atoms with Gasteiger partial charge < -0.3 is 4.90 Å². The second-order valence-corrected chi connectivity index (χ2v) is 4.04. The first kappa shape index (κ1) is 10.7. The summed E-state index contributed by atoms with van der Waals surface area (Å²) in [6.45, 7) is 1.62. The molecule has 1 atom stereocenters. The van der Waals surface area contributed by atoms with E-state index in [0.717, 1.165) is 11.1 Å².